The summed E-state index contributed by atoms with van der Waals surface area (Å²) in [6.45, 7) is 1.94. The molecule has 1 aliphatic rings. The molecular weight excluding hydrogens is 226 g/mol. The van der Waals surface area contributed by atoms with Gasteiger partial charge in [-0.05, 0) is 37.5 Å². The molecule has 0 bridgehead atoms. The molecule has 0 saturated heterocycles. The van der Waals surface area contributed by atoms with Gasteiger partial charge in [-0.1, -0.05) is 25.0 Å². The van der Waals surface area contributed by atoms with E-state index in [1.807, 2.05) is 25.1 Å². The number of furan rings is 1. The Morgan fingerprint density at radius 1 is 1.28 bits per heavy atom. The zero-order valence-electron chi connectivity index (χ0n) is 10.4. The van der Waals surface area contributed by atoms with Crippen LogP contribution in [-0.2, 0) is 10.3 Å². The average molecular weight is 241 g/mol. The Hall–Kier alpha value is -1.86. The minimum atomic E-state index is -0.364. The number of fused-ring (bicyclic) bond motifs is 1. The first-order valence-corrected chi connectivity index (χ1v) is 6.33. The van der Waals surface area contributed by atoms with Crippen molar-refractivity contribution < 1.29 is 9.21 Å². The summed E-state index contributed by atoms with van der Waals surface area (Å²) in [4.78, 5) is 14.8. The van der Waals surface area contributed by atoms with Crippen LogP contribution in [0.2, 0.25) is 0 Å². The normalized spacial score (nSPS) is 17.8. The fourth-order valence-electron chi connectivity index (χ4n) is 2.97. The molecule has 3 heteroatoms. The number of rotatable bonds is 2. The molecule has 1 fully saturated rings. The van der Waals surface area contributed by atoms with E-state index < -0.39 is 0 Å². The number of aliphatic imine (C=N–C) groups is 1. The van der Waals surface area contributed by atoms with E-state index in [9.17, 15) is 4.79 Å². The van der Waals surface area contributed by atoms with Crippen LogP contribution in [-0.4, -0.2) is 6.08 Å². The summed E-state index contributed by atoms with van der Waals surface area (Å²) in [6, 6.07) is 8.14. The first kappa shape index (κ1) is 11.2. The molecule has 18 heavy (non-hydrogen) atoms. The lowest BCUT2D eigenvalue weighted by Crippen LogP contribution is -2.18. The van der Waals surface area contributed by atoms with Gasteiger partial charge >= 0.3 is 0 Å². The van der Waals surface area contributed by atoms with Gasteiger partial charge in [0.25, 0.3) is 0 Å². The minimum absolute atomic E-state index is 0.364. The van der Waals surface area contributed by atoms with Crippen molar-refractivity contribution in [3.63, 3.8) is 0 Å². The number of nitrogens with zero attached hydrogens (tertiary/aromatic N) is 1. The van der Waals surface area contributed by atoms with Crippen LogP contribution in [0.4, 0.5) is 0 Å². The van der Waals surface area contributed by atoms with Gasteiger partial charge < -0.3 is 4.42 Å². The summed E-state index contributed by atoms with van der Waals surface area (Å²) < 4.78 is 5.65. The maximum absolute atomic E-state index is 10.7. The van der Waals surface area contributed by atoms with Crippen LogP contribution in [0.15, 0.2) is 33.7 Å². The maximum Gasteiger partial charge on any atom is 0.235 e. The van der Waals surface area contributed by atoms with Crippen molar-refractivity contribution in [3.8, 4) is 0 Å². The third kappa shape index (κ3) is 1.68. The molecule has 0 unspecified atom stereocenters. The first-order chi connectivity index (χ1) is 8.73. The Bertz CT molecular complexity index is 629. The quantitative estimate of drug-likeness (QED) is 0.592. The molecule has 0 amide bonds. The predicted molar refractivity (Wildman–Crippen MR) is 69.2 cm³/mol. The van der Waals surface area contributed by atoms with Crippen LogP contribution in [0.1, 0.15) is 37.0 Å². The van der Waals surface area contributed by atoms with Gasteiger partial charge in [0, 0.05) is 5.39 Å². The summed E-state index contributed by atoms with van der Waals surface area (Å²) in [7, 11) is 0. The zero-order chi connectivity index (χ0) is 12.6. The van der Waals surface area contributed by atoms with Crippen LogP contribution in [0.3, 0.4) is 0 Å². The molecule has 1 heterocycles. The van der Waals surface area contributed by atoms with E-state index in [0.29, 0.717) is 0 Å². The van der Waals surface area contributed by atoms with Crippen LogP contribution < -0.4 is 0 Å². The Kier molecular flexibility index (Phi) is 2.57. The van der Waals surface area contributed by atoms with E-state index >= 15 is 0 Å². The maximum atomic E-state index is 10.7. The highest BCUT2D eigenvalue weighted by Gasteiger charge is 2.35. The highest BCUT2D eigenvalue weighted by molar-refractivity contribution is 5.79. The summed E-state index contributed by atoms with van der Waals surface area (Å²) >= 11 is 0. The van der Waals surface area contributed by atoms with E-state index in [-0.39, 0.29) is 5.54 Å². The lowest BCUT2D eigenvalue weighted by Gasteiger charge is -2.22. The van der Waals surface area contributed by atoms with Gasteiger partial charge in [-0.25, -0.2) is 4.79 Å². The van der Waals surface area contributed by atoms with Crippen molar-refractivity contribution in [1.82, 2.24) is 0 Å². The van der Waals surface area contributed by atoms with Gasteiger partial charge in [0.05, 0.1) is 5.54 Å². The number of hydrogen-bond donors (Lipinski definition) is 0. The molecule has 1 aromatic heterocycles. The molecule has 1 aromatic carbocycles. The lowest BCUT2D eigenvalue weighted by molar-refractivity contribution is 0.455. The Labute approximate surface area is 106 Å². The molecule has 0 aliphatic heterocycles. The molecule has 0 N–H and O–H groups in total. The van der Waals surface area contributed by atoms with Crippen LogP contribution in [0, 0.1) is 6.92 Å². The number of aryl methyl sites for hydroxylation is 1. The molecule has 0 radical (unpaired) electrons. The Morgan fingerprint density at radius 2 is 2.06 bits per heavy atom. The molecule has 0 spiro atoms. The van der Waals surface area contributed by atoms with Gasteiger partial charge in [0.2, 0.25) is 6.08 Å². The van der Waals surface area contributed by atoms with E-state index in [2.05, 4.69) is 11.1 Å². The topological polar surface area (TPSA) is 42.6 Å². The Balaban J connectivity index is 2.14. The molecular formula is C15H15NO2. The third-order valence-corrected chi connectivity index (χ3v) is 3.87. The van der Waals surface area contributed by atoms with Gasteiger partial charge in [0.1, 0.15) is 11.3 Å². The van der Waals surface area contributed by atoms with Crippen LogP contribution in [0.5, 0.6) is 0 Å². The minimum Gasteiger partial charge on any atom is -0.461 e. The average Bonchev–Trinajstić information content (AvgIpc) is 2.94. The van der Waals surface area contributed by atoms with Crippen molar-refractivity contribution in [2.75, 3.05) is 0 Å². The standard InChI is InChI=1S/C15H15NO2/c1-11-8-12-4-5-13(9-14(12)18-11)15(16-10-17)6-2-3-7-15/h4-5,8-9H,2-3,6-7H2,1H3. The van der Waals surface area contributed by atoms with Crippen molar-refractivity contribution in [3.05, 3.63) is 35.6 Å². The van der Waals surface area contributed by atoms with Gasteiger partial charge in [-0.2, -0.15) is 4.99 Å². The predicted octanol–water partition coefficient (Wildman–Crippen LogP) is 3.85. The lowest BCUT2D eigenvalue weighted by atomic mass is 9.88. The van der Waals surface area contributed by atoms with Crippen molar-refractivity contribution in [2.45, 2.75) is 38.1 Å². The first-order valence-electron chi connectivity index (χ1n) is 6.33. The van der Waals surface area contributed by atoms with E-state index in [4.69, 9.17) is 4.42 Å². The largest absolute Gasteiger partial charge is 0.461 e. The highest BCUT2D eigenvalue weighted by atomic mass is 16.3. The molecule has 2 aromatic rings. The highest BCUT2D eigenvalue weighted by Crippen LogP contribution is 2.42. The van der Waals surface area contributed by atoms with Crippen LogP contribution in [0.25, 0.3) is 11.0 Å². The molecule has 3 rings (SSSR count). The van der Waals surface area contributed by atoms with Crippen molar-refractivity contribution >= 4 is 17.0 Å². The smallest absolute Gasteiger partial charge is 0.235 e. The SMILES string of the molecule is Cc1cc2ccc(C3(N=C=O)CCCC3)cc2o1. The number of benzene rings is 1. The molecule has 92 valence electrons. The van der Waals surface area contributed by atoms with E-state index in [1.54, 1.807) is 6.08 Å². The monoisotopic (exact) mass is 241 g/mol. The van der Waals surface area contributed by atoms with Gasteiger partial charge in [-0.15, -0.1) is 0 Å². The Morgan fingerprint density at radius 3 is 2.78 bits per heavy atom. The molecule has 3 nitrogen and oxygen atoms in total. The molecule has 1 aliphatic carbocycles. The fourth-order valence-corrected chi connectivity index (χ4v) is 2.97. The van der Waals surface area contributed by atoms with Crippen molar-refractivity contribution in [1.29, 1.82) is 0 Å². The summed E-state index contributed by atoms with van der Waals surface area (Å²) in [5.41, 5.74) is 1.58. The fraction of sp³-hybridized carbons (Fsp3) is 0.400. The van der Waals surface area contributed by atoms with Gasteiger partial charge in [-0.3, -0.25) is 0 Å². The second-order valence-corrected chi connectivity index (χ2v) is 5.05. The summed E-state index contributed by atoms with van der Waals surface area (Å²) in [6.07, 6.45) is 5.82. The second kappa shape index (κ2) is 4.11. The zero-order valence-corrected chi connectivity index (χ0v) is 10.4. The number of isocyanates is 1. The number of hydrogen-bond acceptors (Lipinski definition) is 3. The summed E-state index contributed by atoms with van der Waals surface area (Å²) in [5, 5.41) is 1.10. The number of carbonyl (C=O) groups excluding carboxylic acids is 1. The third-order valence-electron chi connectivity index (χ3n) is 3.87. The van der Waals surface area contributed by atoms with E-state index in [0.717, 1.165) is 48.0 Å². The molecule has 0 atom stereocenters. The van der Waals surface area contributed by atoms with Crippen LogP contribution >= 0.6 is 0 Å². The van der Waals surface area contributed by atoms with Crippen molar-refractivity contribution in [2.24, 2.45) is 4.99 Å². The second-order valence-electron chi connectivity index (χ2n) is 5.05. The van der Waals surface area contributed by atoms with Gasteiger partial charge in [0.15, 0.2) is 0 Å². The van der Waals surface area contributed by atoms with E-state index in [1.165, 1.54) is 0 Å². The summed E-state index contributed by atoms with van der Waals surface area (Å²) in [5.74, 6) is 0.904. The molecule has 1 saturated carbocycles.